The van der Waals surface area contributed by atoms with Crippen molar-refractivity contribution in [3.05, 3.63) is 113 Å². The predicted molar refractivity (Wildman–Crippen MR) is 123 cm³/mol. The fourth-order valence-electron chi connectivity index (χ4n) is 4.12. The molecule has 0 unspecified atom stereocenters. The number of carbonyl (C=O) groups is 1. The molecule has 1 N–H and O–H groups in total. The van der Waals surface area contributed by atoms with Crippen molar-refractivity contribution >= 4 is 11.5 Å². The predicted octanol–water partition coefficient (Wildman–Crippen LogP) is 5.29. The van der Waals surface area contributed by atoms with E-state index in [1.807, 2.05) is 18.2 Å². The SMILES string of the molecule is O=C(NCCN1CCC(=C(c2ccc(F)cc2)c2ccc(F)cc2)CC1)c1ccccc1. The molecule has 0 radical (unpaired) electrons. The van der Waals surface area contributed by atoms with Crippen molar-refractivity contribution in [2.75, 3.05) is 26.2 Å². The first kappa shape index (κ1) is 21.9. The maximum absolute atomic E-state index is 13.5. The van der Waals surface area contributed by atoms with Crippen LogP contribution in [0.5, 0.6) is 0 Å². The minimum Gasteiger partial charge on any atom is -0.351 e. The molecule has 0 saturated carbocycles. The van der Waals surface area contributed by atoms with Gasteiger partial charge in [0.05, 0.1) is 0 Å². The molecule has 4 rings (SSSR count). The molecular formula is C27H26F2N2O. The number of benzene rings is 3. The fourth-order valence-corrected chi connectivity index (χ4v) is 4.12. The van der Waals surface area contributed by atoms with E-state index in [1.165, 1.54) is 29.8 Å². The second-order valence-electron chi connectivity index (χ2n) is 7.96. The van der Waals surface area contributed by atoms with Crippen LogP contribution >= 0.6 is 0 Å². The lowest BCUT2D eigenvalue weighted by Gasteiger charge is -2.30. The highest BCUT2D eigenvalue weighted by molar-refractivity contribution is 5.94. The second kappa shape index (κ2) is 10.3. The van der Waals surface area contributed by atoms with Crippen molar-refractivity contribution in [1.29, 1.82) is 0 Å². The first-order valence-corrected chi connectivity index (χ1v) is 10.9. The van der Waals surface area contributed by atoms with Gasteiger partial charge in [-0.1, -0.05) is 48.0 Å². The van der Waals surface area contributed by atoms with Crippen molar-refractivity contribution < 1.29 is 13.6 Å². The molecule has 1 aliphatic rings. The van der Waals surface area contributed by atoms with Crippen molar-refractivity contribution in [3.63, 3.8) is 0 Å². The van der Waals surface area contributed by atoms with Crippen molar-refractivity contribution in [2.45, 2.75) is 12.8 Å². The summed E-state index contributed by atoms with van der Waals surface area (Å²) < 4.78 is 27.0. The summed E-state index contributed by atoms with van der Waals surface area (Å²) in [6, 6.07) is 22.2. The largest absolute Gasteiger partial charge is 0.351 e. The van der Waals surface area contributed by atoms with E-state index in [2.05, 4.69) is 10.2 Å². The molecule has 3 aromatic rings. The summed E-state index contributed by atoms with van der Waals surface area (Å²) in [5, 5.41) is 2.98. The van der Waals surface area contributed by atoms with E-state index in [-0.39, 0.29) is 17.5 Å². The summed E-state index contributed by atoms with van der Waals surface area (Å²) in [6.45, 7) is 3.13. The van der Waals surface area contributed by atoms with Crippen LogP contribution in [0.15, 0.2) is 84.4 Å². The Morgan fingerprint density at radius 1 is 0.750 bits per heavy atom. The van der Waals surface area contributed by atoms with Crippen LogP contribution < -0.4 is 5.32 Å². The van der Waals surface area contributed by atoms with Crippen LogP contribution in [0, 0.1) is 11.6 Å². The van der Waals surface area contributed by atoms with E-state index in [4.69, 9.17) is 0 Å². The number of carbonyl (C=O) groups excluding carboxylic acids is 1. The van der Waals surface area contributed by atoms with Gasteiger partial charge in [-0.3, -0.25) is 4.79 Å². The molecule has 0 bridgehead atoms. The summed E-state index contributed by atoms with van der Waals surface area (Å²) >= 11 is 0. The lowest BCUT2D eigenvalue weighted by Crippen LogP contribution is -2.38. The maximum atomic E-state index is 13.5. The van der Waals surface area contributed by atoms with Crippen LogP contribution in [0.1, 0.15) is 34.3 Å². The molecule has 0 aromatic heterocycles. The van der Waals surface area contributed by atoms with E-state index in [1.54, 1.807) is 36.4 Å². The first-order chi connectivity index (χ1) is 15.6. The lowest BCUT2D eigenvalue weighted by atomic mass is 9.88. The van der Waals surface area contributed by atoms with Gasteiger partial charge in [0.15, 0.2) is 0 Å². The molecule has 1 aliphatic heterocycles. The van der Waals surface area contributed by atoms with Gasteiger partial charge in [0, 0.05) is 31.7 Å². The van der Waals surface area contributed by atoms with Crippen molar-refractivity contribution in [3.8, 4) is 0 Å². The summed E-state index contributed by atoms with van der Waals surface area (Å²) in [5.41, 5.74) is 4.89. The van der Waals surface area contributed by atoms with Crippen molar-refractivity contribution in [2.24, 2.45) is 0 Å². The molecule has 1 amide bonds. The molecule has 0 atom stereocenters. The Labute approximate surface area is 187 Å². The van der Waals surface area contributed by atoms with Gasteiger partial charge in [0.2, 0.25) is 0 Å². The number of nitrogens with zero attached hydrogens (tertiary/aromatic N) is 1. The summed E-state index contributed by atoms with van der Waals surface area (Å²) in [7, 11) is 0. The molecule has 1 saturated heterocycles. The Hall–Kier alpha value is -3.31. The van der Waals surface area contributed by atoms with E-state index in [0.717, 1.165) is 49.2 Å². The van der Waals surface area contributed by atoms with E-state index in [0.29, 0.717) is 12.1 Å². The van der Waals surface area contributed by atoms with E-state index < -0.39 is 0 Å². The molecular weight excluding hydrogens is 406 g/mol. The standard InChI is InChI=1S/C27H26F2N2O/c28-24-10-6-20(7-11-24)26(21-8-12-25(29)13-9-21)22-14-17-31(18-15-22)19-16-30-27(32)23-4-2-1-3-5-23/h1-13H,14-19H2,(H,30,32). The molecule has 0 spiro atoms. The van der Waals surface area contributed by atoms with Gasteiger partial charge in [-0.05, 0) is 65.9 Å². The minimum atomic E-state index is -0.274. The number of halogens is 2. The van der Waals surface area contributed by atoms with Crippen molar-refractivity contribution in [1.82, 2.24) is 10.2 Å². The van der Waals surface area contributed by atoms with Crippen LogP contribution in [0.25, 0.3) is 5.57 Å². The zero-order valence-electron chi connectivity index (χ0n) is 17.9. The van der Waals surface area contributed by atoms with Gasteiger partial charge in [0.25, 0.3) is 5.91 Å². The molecule has 164 valence electrons. The Bertz CT molecular complexity index is 1020. The quantitative estimate of drug-likeness (QED) is 0.574. The number of amides is 1. The van der Waals surface area contributed by atoms with Crippen LogP contribution in [0.2, 0.25) is 0 Å². The minimum absolute atomic E-state index is 0.0573. The van der Waals surface area contributed by atoms with Gasteiger partial charge in [0.1, 0.15) is 11.6 Å². The highest BCUT2D eigenvalue weighted by atomic mass is 19.1. The van der Waals surface area contributed by atoms with Gasteiger partial charge < -0.3 is 10.2 Å². The van der Waals surface area contributed by atoms with Gasteiger partial charge in [-0.2, -0.15) is 0 Å². The smallest absolute Gasteiger partial charge is 0.251 e. The molecule has 3 aromatic carbocycles. The molecule has 32 heavy (non-hydrogen) atoms. The van der Waals surface area contributed by atoms with E-state index >= 15 is 0 Å². The third-order valence-electron chi connectivity index (χ3n) is 5.83. The fraction of sp³-hybridized carbons (Fsp3) is 0.222. The molecule has 1 heterocycles. The van der Waals surface area contributed by atoms with Crippen LogP contribution in [-0.2, 0) is 0 Å². The zero-order chi connectivity index (χ0) is 22.3. The summed E-state index contributed by atoms with van der Waals surface area (Å²) in [4.78, 5) is 14.5. The van der Waals surface area contributed by atoms with Gasteiger partial charge in [-0.25, -0.2) is 8.78 Å². The highest BCUT2D eigenvalue weighted by Gasteiger charge is 2.19. The number of hydrogen-bond donors (Lipinski definition) is 1. The van der Waals surface area contributed by atoms with Gasteiger partial charge in [-0.15, -0.1) is 0 Å². The average Bonchev–Trinajstić information content (AvgIpc) is 2.83. The zero-order valence-corrected chi connectivity index (χ0v) is 17.9. The average molecular weight is 433 g/mol. The summed E-state index contributed by atoms with van der Waals surface area (Å²) in [6.07, 6.45) is 1.74. The Kier molecular flexibility index (Phi) is 7.07. The number of piperidine rings is 1. The number of likely N-dealkylation sites (tertiary alicyclic amines) is 1. The van der Waals surface area contributed by atoms with Gasteiger partial charge >= 0.3 is 0 Å². The second-order valence-corrected chi connectivity index (χ2v) is 7.96. The molecule has 1 fully saturated rings. The molecule has 3 nitrogen and oxygen atoms in total. The molecule has 0 aliphatic carbocycles. The van der Waals surface area contributed by atoms with E-state index in [9.17, 15) is 13.6 Å². The Morgan fingerprint density at radius 3 is 1.81 bits per heavy atom. The Balaban J connectivity index is 1.42. The maximum Gasteiger partial charge on any atom is 0.251 e. The van der Waals surface area contributed by atoms with Crippen LogP contribution in [0.3, 0.4) is 0 Å². The summed E-state index contributed by atoms with van der Waals surface area (Å²) in [5.74, 6) is -0.604. The number of nitrogens with one attached hydrogen (secondary N) is 1. The Morgan fingerprint density at radius 2 is 1.28 bits per heavy atom. The monoisotopic (exact) mass is 432 g/mol. The van der Waals surface area contributed by atoms with Crippen LogP contribution in [0.4, 0.5) is 8.78 Å². The number of hydrogen-bond acceptors (Lipinski definition) is 2. The normalized spacial score (nSPS) is 14.2. The third kappa shape index (κ3) is 5.48. The first-order valence-electron chi connectivity index (χ1n) is 10.9. The van der Waals surface area contributed by atoms with Crippen LogP contribution in [-0.4, -0.2) is 37.0 Å². The highest BCUT2D eigenvalue weighted by Crippen LogP contribution is 2.32. The third-order valence-corrected chi connectivity index (χ3v) is 5.83. The topological polar surface area (TPSA) is 32.3 Å². The lowest BCUT2D eigenvalue weighted by molar-refractivity contribution is 0.0947. The number of rotatable bonds is 6. The molecule has 5 heteroatoms.